The first-order valence-corrected chi connectivity index (χ1v) is 8.98. The summed E-state index contributed by atoms with van der Waals surface area (Å²) in [6, 6.07) is 17.4. The van der Waals surface area contributed by atoms with Gasteiger partial charge in [0.05, 0.1) is 5.56 Å². The number of rotatable bonds is 6. The van der Waals surface area contributed by atoms with Crippen molar-refractivity contribution >= 4 is 29.0 Å². The number of alkyl halides is 3. The molecule has 0 aliphatic heterocycles. The van der Waals surface area contributed by atoms with E-state index in [0.717, 1.165) is 6.20 Å². The number of aromatic nitrogens is 1. The summed E-state index contributed by atoms with van der Waals surface area (Å²) < 4.78 is 40.9. The third-order valence-electron chi connectivity index (χ3n) is 3.81. The van der Waals surface area contributed by atoms with Gasteiger partial charge in [0.1, 0.15) is 0 Å². The number of anilines is 3. The first kappa shape index (κ1) is 21.6. The first-order valence-electron chi connectivity index (χ1n) is 8.98. The highest BCUT2D eigenvalue weighted by molar-refractivity contribution is 6.04. The predicted molar refractivity (Wildman–Crippen MR) is 109 cm³/mol. The fourth-order valence-electron chi connectivity index (χ4n) is 2.41. The number of halogens is 3. The number of benzene rings is 2. The van der Waals surface area contributed by atoms with Crippen LogP contribution in [-0.2, 0) is 0 Å². The van der Waals surface area contributed by atoms with Gasteiger partial charge in [-0.05, 0) is 42.5 Å². The van der Waals surface area contributed by atoms with E-state index >= 15 is 0 Å². The highest BCUT2D eigenvalue weighted by Gasteiger charge is 2.28. The molecule has 3 amide bonds. The number of ether oxygens (including phenoxy) is 1. The second-order valence-electron chi connectivity index (χ2n) is 6.27. The van der Waals surface area contributed by atoms with Crippen LogP contribution in [0.1, 0.15) is 10.4 Å². The van der Waals surface area contributed by atoms with Crippen molar-refractivity contribution in [1.82, 2.24) is 4.98 Å². The molecule has 0 aliphatic carbocycles. The molecule has 0 aliphatic rings. The maximum absolute atomic E-state index is 12.3. The van der Waals surface area contributed by atoms with Gasteiger partial charge in [-0.25, -0.2) is 9.78 Å². The lowest BCUT2D eigenvalue weighted by atomic mass is 10.2. The fraction of sp³-hybridized carbons (Fsp3) is 0.0952. The molecule has 0 atom stereocenters. The van der Waals surface area contributed by atoms with Gasteiger partial charge in [-0.2, -0.15) is 13.2 Å². The summed E-state index contributed by atoms with van der Waals surface area (Å²) in [5, 5.41) is 7.97. The van der Waals surface area contributed by atoms with Crippen LogP contribution in [0, 0.1) is 0 Å². The van der Waals surface area contributed by atoms with Crippen LogP contribution >= 0.6 is 0 Å². The van der Waals surface area contributed by atoms with Crippen molar-refractivity contribution in [3.63, 3.8) is 0 Å². The Morgan fingerprint density at radius 3 is 1.94 bits per heavy atom. The third-order valence-corrected chi connectivity index (χ3v) is 3.81. The molecule has 10 heteroatoms. The molecule has 1 heterocycles. The first-order chi connectivity index (χ1) is 14.8. The number of pyridine rings is 1. The van der Waals surface area contributed by atoms with Crippen LogP contribution in [0.3, 0.4) is 0 Å². The molecule has 0 spiro atoms. The molecular weight excluding hydrogens is 413 g/mol. The summed E-state index contributed by atoms with van der Waals surface area (Å²) in [5.41, 5.74) is 1.76. The molecule has 0 fully saturated rings. The molecule has 3 aromatic rings. The molecule has 0 saturated carbocycles. The summed E-state index contributed by atoms with van der Waals surface area (Å²) in [7, 11) is 0. The summed E-state index contributed by atoms with van der Waals surface area (Å²) in [6.45, 7) is -1.46. The van der Waals surface area contributed by atoms with Crippen LogP contribution in [0.25, 0.3) is 0 Å². The standard InChI is InChI=1S/C21H17F3N4O3/c22-21(23,24)13-31-18-11-6-14(12-25-18)19(29)26-16-7-9-17(10-8-16)28-20(30)27-15-4-2-1-3-5-15/h1-12H,13H2,(H,26,29)(H2,27,28,30). The van der Waals surface area contributed by atoms with Gasteiger partial charge >= 0.3 is 12.2 Å². The molecule has 7 nitrogen and oxygen atoms in total. The van der Waals surface area contributed by atoms with E-state index in [-0.39, 0.29) is 11.4 Å². The lowest BCUT2D eigenvalue weighted by molar-refractivity contribution is -0.154. The zero-order valence-electron chi connectivity index (χ0n) is 15.9. The Morgan fingerprint density at radius 2 is 1.39 bits per heavy atom. The van der Waals surface area contributed by atoms with E-state index in [9.17, 15) is 22.8 Å². The third kappa shape index (κ3) is 7.03. The van der Waals surface area contributed by atoms with Crippen LogP contribution in [0.15, 0.2) is 72.9 Å². The van der Waals surface area contributed by atoms with Crippen molar-refractivity contribution < 1.29 is 27.5 Å². The molecule has 2 aromatic carbocycles. The number of carbonyl (C=O) groups excluding carboxylic acids is 2. The number of para-hydroxylation sites is 1. The van der Waals surface area contributed by atoms with Gasteiger partial charge in [0.15, 0.2) is 6.61 Å². The van der Waals surface area contributed by atoms with Gasteiger partial charge in [-0.1, -0.05) is 18.2 Å². The molecule has 0 saturated heterocycles. The SMILES string of the molecule is O=C(Nc1ccccc1)Nc1ccc(NC(=O)c2ccc(OCC(F)(F)F)nc2)cc1. The lowest BCUT2D eigenvalue weighted by Gasteiger charge is -2.10. The zero-order valence-corrected chi connectivity index (χ0v) is 15.9. The fourth-order valence-corrected chi connectivity index (χ4v) is 2.41. The minimum atomic E-state index is -4.47. The zero-order chi connectivity index (χ0) is 22.3. The molecule has 160 valence electrons. The van der Waals surface area contributed by atoms with Gasteiger partial charge in [0.2, 0.25) is 5.88 Å². The number of nitrogens with one attached hydrogen (secondary N) is 3. The van der Waals surface area contributed by atoms with Crippen LogP contribution < -0.4 is 20.7 Å². The van der Waals surface area contributed by atoms with Crippen molar-refractivity contribution in [1.29, 1.82) is 0 Å². The number of urea groups is 1. The van der Waals surface area contributed by atoms with E-state index in [1.165, 1.54) is 12.1 Å². The Labute approximate surface area is 175 Å². The van der Waals surface area contributed by atoms with E-state index in [4.69, 9.17) is 0 Å². The van der Waals surface area contributed by atoms with E-state index in [2.05, 4.69) is 25.7 Å². The molecule has 0 unspecified atom stereocenters. The molecule has 1 aromatic heterocycles. The van der Waals surface area contributed by atoms with Crippen molar-refractivity contribution in [3.05, 3.63) is 78.5 Å². The Bertz CT molecular complexity index is 1020. The normalized spacial score (nSPS) is 10.8. The molecule has 3 rings (SSSR count). The maximum atomic E-state index is 12.3. The Balaban J connectivity index is 1.52. The second kappa shape index (κ2) is 9.61. The van der Waals surface area contributed by atoms with Gasteiger partial charge in [0.25, 0.3) is 5.91 Å². The molecule has 3 N–H and O–H groups in total. The Hall–Kier alpha value is -4.08. The lowest BCUT2D eigenvalue weighted by Crippen LogP contribution is -2.20. The van der Waals surface area contributed by atoms with E-state index in [1.54, 1.807) is 48.5 Å². The monoisotopic (exact) mass is 430 g/mol. The molecular formula is C21H17F3N4O3. The molecule has 0 bridgehead atoms. The Kier molecular flexibility index (Phi) is 6.71. The summed E-state index contributed by atoms with van der Waals surface area (Å²) in [5.74, 6) is -0.740. The number of hydrogen-bond acceptors (Lipinski definition) is 4. The van der Waals surface area contributed by atoms with Crippen molar-refractivity contribution in [2.24, 2.45) is 0 Å². The largest absolute Gasteiger partial charge is 0.468 e. The summed E-state index contributed by atoms with van der Waals surface area (Å²) in [6.07, 6.45) is -3.36. The van der Waals surface area contributed by atoms with Crippen molar-refractivity contribution in [2.75, 3.05) is 22.6 Å². The van der Waals surface area contributed by atoms with Crippen LogP contribution in [0.4, 0.5) is 35.0 Å². The van der Waals surface area contributed by atoms with E-state index in [0.29, 0.717) is 17.1 Å². The molecule has 0 radical (unpaired) electrons. The van der Waals surface area contributed by atoms with E-state index in [1.807, 2.05) is 6.07 Å². The number of amides is 3. The van der Waals surface area contributed by atoms with E-state index < -0.39 is 24.7 Å². The molecule has 31 heavy (non-hydrogen) atoms. The van der Waals surface area contributed by atoms with Crippen LogP contribution in [0.2, 0.25) is 0 Å². The number of carbonyl (C=O) groups is 2. The van der Waals surface area contributed by atoms with Gasteiger partial charge in [0, 0.05) is 29.3 Å². The van der Waals surface area contributed by atoms with Crippen LogP contribution in [-0.4, -0.2) is 29.7 Å². The summed E-state index contributed by atoms with van der Waals surface area (Å²) in [4.78, 5) is 27.9. The topological polar surface area (TPSA) is 92.4 Å². The smallest absolute Gasteiger partial charge is 0.422 e. The van der Waals surface area contributed by atoms with Crippen LogP contribution in [0.5, 0.6) is 5.88 Å². The predicted octanol–water partition coefficient (Wildman–Crippen LogP) is 4.92. The number of nitrogens with zero attached hydrogens (tertiary/aromatic N) is 1. The van der Waals surface area contributed by atoms with Crippen molar-refractivity contribution in [2.45, 2.75) is 6.18 Å². The summed E-state index contributed by atoms with van der Waals surface area (Å²) >= 11 is 0. The average molecular weight is 430 g/mol. The maximum Gasteiger partial charge on any atom is 0.422 e. The Morgan fingerprint density at radius 1 is 0.806 bits per heavy atom. The number of hydrogen-bond donors (Lipinski definition) is 3. The minimum absolute atomic E-state index is 0.142. The van der Waals surface area contributed by atoms with Gasteiger partial charge < -0.3 is 20.7 Å². The highest BCUT2D eigenvalue weighted by atomic mass is 19.4. The minimum Gasteiger partial charge on any atom is -0.468 e. The average Bonchev–Trinajstić information content (AvgIpc) is 2.74. The second-order valence-corrected chi connectivity index (χ2v) is 6.27. The van der Waals surface area contributed by atoms with Gasteiger partial charge in [-0.15, -0.1) is 0 Å². The quantitative estimate of drug-likeness (QED) is 0.518. The van der Waals surface area contributed by atoms with Crippen molar-refractivity contribution in [3.8, 4) is 5.88 Å². The van der Waals surface area contributed by atoms with Gasteiger partial charge in [-0.3, -0.25) is 4.79 Å². The highest BCUT2D eigenvalue weighted by Crippen LogP contribution is 2.18.